The monoisotopic (exact) mass is 258 g/mol. The molecule has 5 nitrogen and oxygen atoms in total. The van der Waals surface area contributed by atoms with E-state index >= 15 is 0 Å². The molecule has 19 heavy (non-hydrogen) atoms. The second-order valence-electron chi connectivity index (χ2n) is 4.73. The molecule has 1 amide bonds. The minimum absolute atomic E-state index is 0.0935. The molecule has 0 spiro atoms. The van der Waals surface area contributed by atoms with Crippen LogP contribution >= 0.6 is 0 Å². The third-order valence-corrected chi connectivity index (χ3v) is 3.08. The number of aromatic nitrogens is 2. The summed E-state index contributed by atoms with van der Waals surface area (Å²) < 4.78 is 1.55. The van der Waals surface area contributed by atoms with Crippen LogP contribution in [0.5, 0.6) is 0 Å². The number of hydrogen-bond donors (Lipinski definition) is 2. The molecule has 0 aliphatic heterocycles. The summed E-state index contributed by atoms with van der Waals surface area (Å²) in [6, 6.07) is 6.09. The third kappa shape index (κ3) is 2.93. The van der Waals surface area contributed by atoms with Gasteiger partial charge in [-0.2, -0.15) is 5.10 Å². The zero-order valence-corrected chi connectivity index (χ0v) is 11.4. The molecule has 0 fully saturated rings. The molecule has 0 aliphatic carbocycles. The van der Waals surface area contributed by atoms with E-state index in [4.69, 9.17) is 5.73 Å². The van der Waals surface area contributed by atoms with Gasteiger partial charge in [0.25, 0.3) is 0 Å². The van der Waals surface area contributed by atoms with Gasteiger partial charge in [0.2, 0.25) is 5.91 Å². The maximum atomic E-state index is 12.0. The van der Waals surface area contributed by atoms with Crippen molar-refractivity contribution in [2.24, 2.45) is 7.05 Å². The van der Waals surface area contributed by atoms with E-state index in [0.29, 0.717) is 17.9 Å². The molecular formula is C14H18N4O. The van der Waals surface area contributed by atoms with Gasteiger partial charge in [0.1, 0.15) is 0 Å². The molecule has 0 unspecified atom stereocenters. The smallest absolute Gasteiger partial charge is 0.230 e. The molecule has 3 N–H and O–H groups in total. The van der Waals surface area contributed by atoms with Crippen molar-refractivity contribution < 1.29 is 4.79 Å². The molecule has 0 aliphatic rings. The number of nitrogens with two attached hydrogens (primary N) is 1. The number of carbonyl (C=O) groups is 1. The van der Waals surface area contributed by atoms with E-state index in [1.54, 1.807) is 11.7 Å². The van der Waals surface area contributed by atoms with E-state index in [1.807, 2.05) is 32.0 Å². The quantitative estimate of drug-likeness (QED) is 0.881. The van der Waals surface area contributed by atoms with Crippen LogP contribution in [-0.2, 0) is 18.3 Å². The standard InChI is InChI=1S/C14H18N4O/c1-9-4-5-10(2)11(6-9)7-13(19)17-14-12(15)8-16-18(14)3/h4-6,8H,7,15H2,1-3H3,(H,17,19). The molecule has 0 radical (unpaired) electrons. The summed E-state index contributed by atoms with van der Waals surface area (Å²) in [6.07, 6.45) is 1.85. The van der Waals surface area contributed by atoms with Gasteiger partial charge < -0.3 is 11.1 Å². The molecule has 1 heterocycles. The maximum absolute atomic E-state index is 12.0. The van der Waals surface area contributed by atoms with E-state index < -0.39 is 0 Å². The Bertz CT molecular complexity index is 596. The number of amides is 1. The third-order valence-electron chi connectivity index (χ3n) is 3.08. The fourth-order valence-electron chi connectivity index (χ4n) is 1.95. The van der Waals surface area contributed by atoms with Gasteiger partial charge in [-0.3, -0.25) is 9.48 Å². The summed E-state index contributed by atoms with van der Waals surface area (Å²) >= 11 is 0. The van der Waals surface area contributed by atoms with Gasteiger partial charge in [-0.15, -0.1) is 0 Å². The highest BCUT2D eigenvalue weighted by Gasteiger charge is 2.11. The number of anilines is 2. The minimum atomic E-state index is -0.0935. The molecular weight excluding hydrogens is 240 g/mol. The number of carbonyl (C=O) groups excluding carboxylic acids is 1. The fourth-order valence-corrected chi connectivity index (χ4v) is 1.95. The van der Waals surface area contributed by atoms with Crippen molar-refractivity contribution in [3.05, 3.63) is 41.1 Å². The largest absolute Gasteiger partial charge is 0.394 e. The van der Waals surface area contributed by atoms with Crippen molar-refractivity contribution in [2.75, 3.05) is 11.1 Å². The first-order valence-electron chi connectivity index (χ1n) is 6.11. The Morgan fingerprint density at radius 3 is 2.79 bits per heavy atom. The molecule has 1 aromatic carbocycles. The number of aryl methyl sites for hydroxylation is 3. The van der Waals surface area contributed by atoms with Crippen LogP contribution < -0.4 is 11.1 Å². The first-order valence-corrected chi connectivity index (χ1v) is 6.11. The molecule has 0 saturated heterocycles. The molecule has 1 aromatic heterocycles. The first kappa shape index (κ1) is 13.1. The van der Waals surface area contributed by atoms with Crippen molar-refractivity contribution in [3.8, 4) is 0 Å². The highest BCUT2D eigenvalue weighted by atomic mass is 16.1. The lowest BCUT2D eigenvalue weighted by Crippen LogP contribution is -2.18. The van der Waals surface area contributed by atoms with E-state index in [0.717, 1.165) is 16.7 Å². The van der Waals surface area contributed by atoms with Crippen molar-refractivity contribution in [2.45, 2.75) is 20.3 Å². The van der Waals surface area contributed by atoms with Gasteiger partial charge in [0.15, 0.2) is 5.82 Å². The first-order chi connectivity index (χ1) is 8.97. The Morgan fingerprint density at radius 1 is 1.42 bits per heavy atom. The van der Waals surface area contributed by atoms with Crippen LogP contribution in [0.2, 0.25) is 0 Å². The Balaban J connectivity index is 2.12. The van der Waals surface area contributed by atoms with Gasteiger partial charge in [0, 0.05) is 7.05 Å². The van der Waals surface area contributed by atoms with E-state index in [9.17, 15) is 4.79 Å². The molecule has 100 valence electrons. The van der Waals surface area contributed by atoms with Crippen LogP contribution in [0.4, 0.5) is 11.5 Å². The molecule has 2 rings (SSSR count). The normalized spacial score (nSPS) is 10.5. The van der Waals surface area contributed by atoms with Crippen molar-refractivity contribution in [1.29, 1.82) is 0 Å². The number of rotatable bonds is 3. The van der Waals surface area contributed by atoms with Gasteiger partial charge in [-0.1, -0.05) is 23.8 Å². The molecule has 0 atom stereocenters. The van der Waals surface area contributed by atoms with Gasteiger partial charge in [0.05, 0.1) is 18.3 Å². The SMILES string of the molecule is Cc1ccc(C)c(CC(=O)Nc2c(N)cnn2C)c1. The van der Waals surface area contributed by atoms with Crippen LogP contribution in [0, 0.1) is 13.8 Å². The van der Waals surface area contributed by atoms with Crippen LogP contribution in [0.15, 0.2) is 24.4 Å². The second kappa shape index (κ2) is 5.14. The van der Waals surface area contributed by atoms with E-state index in [1.165, 1.54) is 6.20 Å². The second-order valence-corrected chi connectivity index (χ2v) is 4.73. The van der Waals surface area contributed by atoms with Gasteiger partial charge in [-0.25, -0.2) is 0 Å². The fraction of sp³-hybridized carbons (Fsp3) is 0.286. The molecule has 0 saturated carbocycles. The number of benzene rings is 1. The average molecular weight is 258 g/mol. The van der Waals surface area contributed by atoms with Gasteiger partial charge in [-0.05, 0) is 25.0 Å². The summed E-state index contributed by atoms with van der Waals surface area (Å²) in [4.78, 5) is 12.0. The number of nitrogens with zero attached hydrogens (tertiary/aromatic N) is 2. The summed E-state index contributed by atoms with van der Waals surface area (Å²) in [5.74, 6) is 0.444. The Labute approximate surface area is 112 Å². The zero-order chi connectivity index (χ0) is 14.0. The predicted octanol–water partition coefficient (Wildman–Crippen LogP) is 1.80. The van der Waals surface area contributed by atoms with E-state index in [2.05, 4.69) is 10.4 Å². The molecule has 0 bridgehead atoms. The Kier molecular flexibility index (Phi) is 3.55. The predicted molar refractivity (Wildman–Crippen MR) is 75.9 cm³/mol. The highest BCUT2D eigenvalue weighted by Crippen LogP contribution is 2.17. The highest BCUT2D eigenvalue weighted by molar-refractivity contribution is 5.94. The Morgan fingerprint density at radius 2 is 2.16 bits per heavy atom. The van der Waals surface area contributed by atoms with Crippen LogP contribution in [-0.4, -0.2) is 15.7 Å². The average Bonchev–Trinajstić information content (AvgIpc) is 2.65. The van der Waals surface area contributed by atoms with Gasteiger partial charge >= 0.3 is 0 Å². The van der Waals surface area contributed by atoms with Crippen LogP contribution in [0.1, 0.15) is 16.7 Å². The van der Waals surface area contributed by atoms with Crippen molar-refractivity contribution in [3.63, 3.8) is 0 Å². The van der Waals surface area contributed by atoms with Crippen LogP contribution in [0.3, 0.4) is 0 Å². The summed E-state index contributed by atoms with van der Waals surface area (Å²) in [5, 5.41) is 6.78. The molecule has 5 heteroatoms. The number of nitrogen functional groups attached to an aromatic ring is 1. The topological polar surface area (TPSA) is 72.9 Å². The summed E-state index contributed by atoms with van der Waals surface area (Å²) in [7, 11) is 1.74. The minimum Gasteiger partial charge on any atom is -0.394 e. The lowest BCUT2D eigenvalue weighted by molar-refractivity contribution is -0.115. The van der Waals surface area contributed by atoms with Crippen molar-refractivity contribution in [1.82, 2.24) is 9.78 Å². The zero-order valence-electron chi connectivity index (χ0n) is 11.4. The maximum Gasteiger partial charge on any atom is 0.230 e. The van der Waals surface area contributed by atoms with Crippen LogP contribution in [0.25, 0.3) is 0 Å². The van der Waals surface area contributed by atoms with E-state index in [-0.39, 0.29) is 5.91 Å². The lowest BCUT2D eigenvalue weighted by atomic mass is 10.0. The lowest BCUT2D eigenvalue weighted by Gasteiger charge is -2.09. The molecule has 2 aromatic rings. The number of nitrogens with one attached hydrogen (secondary N) is 1. The van der Waals surface area contributed by atoms with Crippen molar-refractivity contribution >= 4 is 17.4 Å². The summed E-state index contributed by atoms with van der Waals surface area (Å²) in [5.41, 5.74) is 9.49. The summed E-state index contributed by atoms with van der Waals surface area (Å²) in [6.45, 7) is 4.01. The number of hydrogen-bond acceptors (Lipinski definition) is 3. The Hall–Kier alpha value is -2.30.